The maximum atomic E-state index is 15.4. The minimum atomic E-state index is -5.82. The Morgan fingerprint density at radius 2 is 0.336 bits per heavy atom. The number of hydrogen-bond acceptors (Lipinski definition) is 24. The molecule has 0 aromatic heterocycles. The van der Waals surface area contributed by atoms with Gasteiger partial charge in [0.15, 0.2) is 0 Å². The van der Waals surface area contributed by atoms with E-state index in [1.165, 1.54) is 166 Å². The van der Waals surface area contributed by atoms with E-state index >= 15 is 9.59 Å². The highest BCUT2D eigenvalue weighted by Crippen LogP contribution is 2.48. The quantitative estimate of drug-likeness (QED) is 0.0377. The SMILES string of the molecule is CC(C)(C)OC(=O)CN(CC(=O)OC(C)(C)C)C(=O)CN(CC(=O)N(CC(=O)OC(C)(C)C)CC(=O)OC(C)(C)C)C(=O)CN(CC(=O)N(CC(=O)N(CC(=O)OC(C)(C)C)CC(=O)OC(C)(C)C)CC(=O)N(CC(=O)OC(C)(C)C)CC(=O)OC(C)(C)C)C(=O)COCC(CC(F)(F)F)(CC(F)(F)F)CC(F)(F)F. The van der Waals surface area contributed by atoms with Crippen LogP contribution in [0.4, 0.5) is 39.5 Å². The molecule has 0 saturated heterocycles. The van der Waals surface area contributed by atoms with Crippen LogP contribution in [0.1, 0.15) is 185 Å². The van der Waals surface area contributed by atoms with E-state index in [1.54, 1.807) is 0 Å². The molecule has 0 rings (SSSR count). The summed E-state index contributed by atoms with van der Waals surface area (Å²) in [5.41, 5.74) is -14.4. The number of ether oxygens (including phenoxy) is 9. The van der Waals surface area contributed by atoms with Crippen molar-refractivity contribution in [3.63, 3.8) is 0 Å². The summed E-state index contributed by atoms with van der Waals surface area (Å²) in [6.07, 6.45) is -26.0. The fourth-order valence-corrected chi connectivity index (χ4v) is 9.50. The van der Waals surface area contributed by atoms with Crippen LogP contribution in [-0.4, -0.2) is 292 Å². The molecule has 0 aliphatic carbocycles. The first-order chi connectivity index (χ1) is 48.9. The first-order valence-corrected chi connectivity index (χ1v) is 34.4. The Kier molecular flexibility index (Phi) is 36.9. The van der Waals surface area contributed by atoms with Crippen LogP contribution >= 0.6 is 0 Å². The minimum Gasteiger partial charge on any atom is -0.459 e. The van der Waals surface area contributed by atoms with Gasteiger partial charge in [-0.05, 0) is 166 Å². The van der Waals surface area contributed by atoms with Crippen molar-refractivity contribution in [3.05, 3.63) is 0 Å². The van der Waals surface area contributed by atoms with Gasteiger partial charge in [0.05, 0.1) is 25.9 Å². The normalized spacial score (nSPS) is 12.8. The molecule has 40 heteroatoms. The highest BCUT2D eigenvalue weighted by molar-refractivity contribution is 5.98. The molecule has 0 aromatic rings. The molecule has 0 N–H and O–H groups in total. The lowest BCUT2D eigenvalue weighted by Crippen LogP contribution is -2.56. The van der Waals surface area contributed by atoms with E-state index in [-0.39, 0.29) is 14.7 Å². The molecule has 0 bridgehead atoms. The smallest absolute Gasteiger partial charge is 0.389 e. The van der Waals surface area contributed by atoms with Gasteiger partial charge in [0.25, 0.3) is 0 Å². The molecule has 110 heavy (non-hydrogen) atoms. The first-order valence-electron chi connectivity index (χ1n) is 34.4. The number of amides is 7. The van der Waals surface area contributed by atoms with Crippen LogP contribution in [0.2, 0.25) is 0 Å². The number of carbonyl (C=O) groups is 15. The highest BCUT2D eigenvalue weighted by Gasteiger charge is 2.54. The lowest BCUT2D eigenvalue weighted by Gasteiger charge is -2.36. The van der Waals surface area contributed by atoms with Gasteiger partial charge in [-0.15, -0.1) is 0 Å². The second kappa shape index (κ2) is 40.0. The number of carbonyl (C=O) groups excluding carboxylic acids is 15. The van der Waals surface area contributed by atoms with Gasteiger partial charge in [-0.25, -0.2) is 0 Å². The monoisotopic (exact) mass is 1600 g/mol. The molecule has 31 nitrogen and oxygen atoms in total. The standard InChI is InChI=1S/C70H110F9N7O24/c1-59(2,3)103-51(94)31-83(32-52(95)104-60(4,5)6)46(89)25-80(26-47(90)84(33-53(96)105-61(7,8)9)34-54(97)106-62(10,11)12)44(87)29-82(50(93)39-102-43-67(40-68(71,72)73,41-69(74,75)76)42-70(77,78)79)30-45(88)81(27-48(91)85(35-55(98)107-63(13,14)15)36-56(99)108-64(16,17)18)28-49(92)86(37-57(100)109-65(19,20)21)38-58(101)110-66(22,23)24/h25-43H2,1-24H3. The van der Waals surface area contributed by atoms with E-state index in [0.29, 0.717) is 19.6 Å². The Morgan fingerprint density at radius 3 is 0.464 bits per heavy atom. The van der Waals surface area contributed by atoms with E-state index in [4.69, 9.17) is 42.6 Å². The van der Waals surface area contributed by atoms with Gasteiger partial charge in [-0.3, -0.25) is 71.9 Å². The van der Waals surface area contributed by atoms with Crippen LogP contribution in [0.15, 0.2) is 0 Å². The number of rotatable bonds is 35. The Hall–Kier alpha value is -8.62. The Balaban J connectivity index is 9.54. The van der Waals surface area contributed by atoms with Crippen LogP contribution in [0.3, 0.4) is 0 Å². The van der Waals surface area contributed by atoms with E-state index in [1.807, 2.05) is 0 Å². The van der Waals surface area contributed by atoms with Crippen LogP contribution in [0.25, 0.3) is 0 Å². The summed E-state index contributed by atoms with van der Waals surface area (Å²) in [5, 5.41) is 0. The number of nitrogens with zero attached hydrogens (tertiary/aromatic N) is 7. The number of alkyl halides is 9. The summed E-state index contributed by atoms with van der Waals surface area (Å²) in [4.78, 5) is 215. The zero-order valence-corrected chi connectivity index (χ0v) is 67.3. The molecule has 0 unspecified atom stereocenters. The number of halogens is 9. The summed E-state index contributed by atoms with van der Waals surface area (Å²) in [6.45, 7) is 10.3. The molecule has 7 amide bonds. The lowest BCUT2D eigenvalue weighted by atomic mass is 9.78. The van der Waals surface area contributed by atoms with Crippen molar-refractivity contribution in [2.75, 3.05) is 105 Å². The van der Waals surface area contributed by atoms with Crippen molar-refractivity contribution in [2.24, 2.45) is 5.41 Å². The van der Waals surface area contributed by atoms with Crippen molar-refractivity contribution in [1.29, 1.82) is 0 Å². The van der Waals surface area contributed by atoms with Crippen LogP contribution in [-0.2, 0) is 115 Å². The molecule has 0 atom stereocenters. The summed E-state index contributed by atoms with van der Waals surface area (Å²) >= 11 is 0. The van der Waals surface area contributed by atoms with Crippen molar-refractivity contribution in [1.82, 2.24) is 34.3 Å². The van der Waals surface area contributed by atoms with Gasteiger partial charge in [-0.1, -0.05) is 0 Å². The molecule has 0 aromatic carbocycles. The zero-order chi connectivity index (χ0) is 86.5. The molecule has 0 fully saturated rings. The molecule has 0 aliphatic heterocycles. The third kappa shape index (κ3) is 48.8. The summed E-state index contributed by atoms with van der Waals surface area (Å²) in [5.74, 6) is -21.3. The second-order valence-corrected chi connectivity index (χ2v) is 33.8. The molecule has 0 aliphatic rings. The average Bonchev–Trinajstić information content (AvgIpc) is 0.808. The summed E-state index contributed by atoms with van der Waals surface area (Å²) in [7, 11) is 0. The largest absolute Gasteiger partial charge is 0.459 e. The predicted molar refractivity (Wildman–Crippen MR) is 368 cm³/mol. The van der Waals surface area contributed by atoms with E-state index in [0.717, 1.165) is 0 Å². The third-order valence-electron chi connectivity index (χ3n) is 12.7. The van der Waals surface area contributed by atoms with Crippen LogP contribution in [0.5, 0.6) is 0 Å². The van der Waals surface area contributed by atoms with Crippen molar-refractivity contribution < 1.29 is 154 Å². The minimum absolute atomic E-state index is 0.0375. The fraction of sp³-hybridized carbons (Fsp3) is 0.786. The Morgan fingerprint density at radius 1 is 0.209 bits per heavy atom. The van der Waals surface area contributed by atoms with E-state index in [2.05, 4.69) is 0 Å². The molecule has 0 heterocycles. The maximum absolute atomic E-state index is 15.4. The Bertz CT molecular complexity index is 2760. The number of hydrogen-bond donors (Lipinski definition) is 0. The number of esters is 8. The van der Waals surface area contributed by atoms with Crippen molar-refractivity contribution >= 4 is 89.1 Å². The van der Waals surface area contributed by atoms with Gasteiger partial charge in [0, 0.05) is 5.41 Å². The summed E-state index contributed by atoms with van der Waals surface area (Å²) < 4.78 is 176. The molecule has 0 spiro atoms. The van der Waals surface area contributed by atoms with Crippen molar-refractivity contribution in [3.8, 4) is 0 Å². The van der Waals surface area contributed by atoms with Gasteiger partial charge in [0.2, 0.25) is 41.4 Å². The molecule has 632 valence electrons. The first kappa shape index (κ1) is 101. The van der Waals surface area contributed by atoms with Crippen LogP contribution in [0, 0.1) is 5.41 Å². The molecule has 0 saturated carbocycles. The van der Waals surface area contributed by atoms with Gasteiger partial charge in [-0.2, -0.15) is 39.5 Å². The molecular formula is C70H110F9N7O24. The summed E-state index contributed by atoms with van der Waals surface area (Å²) in [6, 6.07) is 0. The maximum Gasteiger partial charge on any atom is 0.389 e. The van der Waals surface area contributed by atoms with Crippen molar-refractivity contribution in [2.45, 2.75) is 249 Å². The average molecular weight is 1600 g/mol. The molecule has 0 radical (unpaired) electrons. The predicted octanol–water partition coefficient (Wildman–Crippen LogP) is 6.38. The topological polar surface area (TPSA) is 362 Å². The fourth-order valence-electron chi connectivity index (χ4n) is 9.50. The van der Waals surface area contributed by atoms with Gasteiger partial charge >= 0.3 is 66.3 Å². The lowest BCUT2D eigenvalue weighted by molar-refractivity contribution is -0.236. The molecular weight excluding hydrogens is 1490 g/mol. The third-order valence-corrected chi connectivity index (χ3v) is 12.7. The zero-order valence-electron chi connectivity index (χ0n) is 67.3. The van der Waals surface area contributed by atoms with Crippen LogP contribution < -0.4 is 0 Å². The Labute approximate surface area is 634 Å². The highest BCUT2D eigenvalue weighted by atomic mass is 19.4. The van der Waals surface area contributed by atoms with Gasteiger partial charge in [0.1, 0.15) is 143 Å². The van der Waals surface area contributed by atoms with E-state index < -0.39 is 282 Å². The second-order valence-electron chi connectivity index (χ2n) is 33.8. The van der Waals surface area contributed by atoms with Gasteiger partial charge < -0.3 is 76.9 Å². The van der Waals surface area contributed by atoms with E-state index in [9.17, 15) is 102 Å².